The molecule has 1 aliphatic heterocycles. The Kier molecular flexibility index (Phi) is 5.11. The van der Waals surface area contributed by atoms with Crippen LogP contribution in [0.3, 0.4) is 0 Å². The highest BCUT2D eigenvalue weighted by atomic mass is 19.3. The second kappa shape index (κ2) is 7.46. The van der Waals surface area contributed by atoms with Crippen LogP contribution < -0.4 is 10.1 Å². The topological polar surface area (TPSA) is 49.8 Å². The summed E-state index contributed by atoms with van der Waals surface area (Å²) in [5.41, 5.74) is 3.02. The summed E-state index contributed by atoms with van der Waals surface area (Å²) >= 11 is 0. The number of aromatic nitrogens is 1. The van der Waals surface area contributed by atoms with E-state index >= 15 is 0 Å². The smallest absolute Gasteiger partial charge is 0.388 e. The van der Waals surface area contributed by atoms with Crippen molar-refractivity contribution in [2.75, 3.05) is 6.54 Å². The number of nitrogens with one attached hydrogen (secondary N) is 1. The normalized spacial score (nSPS) is 17.3. The number of nitrogens with zero attached hydrogens (tertiary/aromatic N) is 3. The van der Waals surface area contributed by atoms with E-state index in [2.05, 4.69) is 33.3 Å². The van der Waals surface area contributed by atoms with Crippen LogP contribution in [-0.4, -0.2) is 34.9 Å². The van der Waals surface area contributed by atoms with Gasteiger partial charge in [0.2, 0.25) is 5.88 Å². The quantitative estimate of drug-likeness (QED) is 0.822. The van der Waals surface area contributed by atoms with Crippen LogP contribution in [0.25, 0.3) is 0 Å². The zero-order chi connectivity index (χ0) is 17.8. The minimum absolute atomic E-state index is 0.126. The van der Waals surface area contributed by atoms with Crippen LogP contribution in [0.15, 0.2) is 60.1 Å². The Morgan fingerprint density at radius 3 is 2.76 bits per heavy atom. The van der Waals surface area contributed by atoms with Crippen molar-refractivity contribution < 1.29 is 13.5 Å². The minimum atomic E-state index is -2.89. The zero-order valence-electron chi connectivity index (χ0n) is 13.8. The van der Waals surface area contributed by atoms with E-state index in [1.54, 1.807) is 11.1 Å². The van der Waals surface area contributed by atoms with Gasteiger partial charge in [0.15, 0.2) is 0 Å². The molecule has 0 unspecified atom stereocenters. The monoisotopic (exact) mass is 346 g/mol. The second-order valence-electron chi connectivity index (χ2n) is 6.01. The van der Waals surface area contributed by atoms with E-state index in [0.717, 1.165) is 11.4 Å². The lowest BCUT2D eigenvalue weighted by Crippen LogP contribution is -2.37. The van der Waals surface area contributed by atoms with Crippen molar-refractivity contribution in [2.45, 2.75) is 31.9 Å². The standard InChI is InChI=1S/C18H20F2N4O/c1-12(22-15-4-3-5-15)11-24-13(2)6-8-16(23-24)14-7-9-17(21-10-14)25-18(19)20/h6-10,15,18,22H,1-5,11H2. The summed E-state index contributed by atoms with van der Waals surface area (Å²) in [5, 5.41) is 9.70. The Labute approximate surface area is 145 Å². The van der Waals surface area contributed by atoms with Gasteiger partial charge in [-0.3, -0.25) is 5.01 Å². The molecule has 1 fully saturated rings. The van der Waals surface area contributed by atoms with Gasteiger partial charge >= 0.3 is 6.61 Å². The fraction of sp³-hybridized carbons (Fsp3) is 0.333. The molecule has 1 N–H and O–H groups in total. The molecule has 0 atom stereocenters. The van der Waals surface area contributed by atoms with E-state index in [4.69, 9.17) is 0 Å². The van der Waals surface area contributed by atoms with Gasteiger partial charge in [0, 0.05) is 29.6 Å². The SMILES string of the molecule is C=C(CN1N=C(c2ccc(OC(F)F)nc2)C=CC1=C)NC1CCC1. The van der Waals surface area contributed by atoms with Gasteiger partial charge in [-0.25, -0.2) is 4.98 Å². The maximum absolute atomic E-state index is 12.2. The molecule has 1 saturated carbocycles. The fourth-order valence-electron chi connectivity index (χ4n) is 2.54. The van der Waals surface area contributed by atoms with Crippen molar-refractivity contribution in [2.24, 2.45) is 5.10 Å². The van der Waals surface area contributed by atoms with E-state index in [1.807, 2.05) is 12.2 Å². The Hall–Kier alpha value is -2.70. The summed E-state index contributed by atoms with van der Waals surface area (Å²) in [7, 11) is 0. The van der Waals surface area contributed by atoms with Gasteiger partial charge < -0.3 is 10.1 Å². The summed E-state index contributed by atoms with van der Waals surface area (Å²) in [5.74, 6) is -0.126. The molecule has 1 aliphatic carbocycles. The first-order valence-electron chi connectivity index (χ1n) is 8.10. The van der Waals surface area contributed by atoms with Gasteiger partial charge in [-0.05, 0) is 37.5 Å². The molecule has 25 heavy (non-hydrogen) atoms. The molecule has 3 rings (SSSR count). The van der Waals surface area contributed by atoms with E-state index in [1.165, 1.54) is 31.5 Å². The first-order valence-corrected chi connectivity index (χ1v) is 8.10. The second-order valence-corrected chi connectivity index (χ2v) is 6.01. The van der Waals surface area contributed by atoms with Crippen molar-refractivity contribution in [3.63, 3.8) is 0 Å². The van der Waals surface area contributed by atoms with Gasteiger partial charge in [0.05, 0.1) is 18.0 Å². The predicted molar refractivity (Wildman–Crippen MR) is 92.3 cm³/mol. The molecule has 0 spiro atoms. The molecule has 0 bridgehead atoms. The summed E-state index contributed by atoms with van der Waals surface area (Å²) in [6.07, 6.45) is 8.72. The lowest BCUT2D eigenvalue weighted by atomic mass is 9.93. The number of ether oxygens (including phenoxy) is 1. The number of alkyl halides is 2. The fourth-order valence-corrected chi connectivity index (χ4v) is 2.54. The van der Waals surface area contributed by atoms with Gasteiger partial charge in [-0.2, -0.15) is 13.9 Å². The molecule has 2 heterocycles. The molecule has 5 nitrogen and oxygen atoms in total. The van der Waals surface area contributed by atoms with Crippen LogP contribution in [-0.2, 0) is 0 Å². The molecule has 2 aliphatic rings. The van der Waals surface area contributed by atoms with Crippen LogP contribution >= 0.6 is 0 Å². The minimum Gasteiger partial charge on any atom is -0.417 e. The first-order chi connectivity index (χ1) is 12.0. The highest BCUT2D eigenvalue weighted by Crippen LogP contribution is 2.21. The Morgan fingerprint density at radius 1 is 1.36 bits per heavy atom. The third kappa shape index (κ3) is 4.43. The number of rotatable bonds is 7. The number of hydrazone groups is 1. The molecular weight excluding hydrogens is 326 g/mol. The van der Waals surface area contributed by atoms with Crippen molar-refractivity contribution in [3.05, 3.63) is 60.6 Å². The van der Waals surface area contributed by atoms with Crippen molar-refractivity contribution in [1.82, 2.24) is 15.3 Å². The highest BCUT2D eigenvalue weighted by Gasteiger charge is 2.19. The number of pyridine rings is 1. The van der Waals surface area contributed by atoms with Crippen LogP contribution in [0.4, 0.5) is 8.78 Å². The van der Waals surface area contributed by atoms with E-state index < -0.39 is 6.61 Å². The van der Waals surface area contributed by atoms with Crippen molar-refractivity contribution in [1.29, 1.82) is 0 Å². The maximum atomic E-state index is 12.2. The van der Waals surface area contributed by atoms with E-state index in [9.17, 15) is 8.78 Å². The van der Waals surface area contributed by atoms with Gasteiger partial charge in [0.25, 0.3) is 0 Å². The number of halogens is 2. The molecular formula is C18H20F2N4O. The Balaban J connectivity index is 1.67. The van der Waals surface area contributed by atoms with Gasteiger partial charge in [0.1, 0.15) is 0 Å². The van der Waals surface area contributed by atoms with Gasteiger partial charge in [-0.1, -0.05) is 13.2 Å². The highest BCUT2D eigenvalue weighted by molar-refractivity contribution is 6.09. The summed E-state index contributed by atoms with van der Waals surface area (Å²) in [6.45, 7) is 5.66. The molecule has 132 valence electrons. The van der Waals surface area contributed by atoms with Crippen molar-refractivity contribution in [3.8, 4) is 5.88 Å². The van der Waals surface area contributed by atoms with Crippen LogP contribution in [0.5, 0.6) is 5.88 Å². The Morgan fingerprint density at radius 2 is 2.16 bits per heavy atom. The Bertz CT molecular complexity index is 708. The average molecular weight is 346 g/mol. The first kappa shape index (κ1) is 17.1. The third-order valence-corrected chi connectivity index (χ3v) is 4.09. The molecule has 0 aromatic carbocycles. The van der Waals surface area contributed by atoms with E-state index in [0.29, 0.717) is 23.9 Å². The third-order valence-electron chi connectivity index (χ3n) is 4.09. The summed E-state index contributed by atoms with van der Waals surface area (Å²) in [6, 6.07) is 3.54. The number of allylic oxidation sites excluding steroid dienone is 2. The predicted octanol–water partition coefficient (Wildman–Crippen LogP) is 3.43. The zero-order valence-corrected chi connectivity index (χ0v) is 13.8. The summed E-state index contributed by atoms with van der Waals surface area (Å²) in [4.78, 5) is 3.87. The van der Waals surface area contributed by atoms with Crippen molar-refractivity contribution >= 4 is 5.71 Å². The number of hydrogen-bond donors (Lipinski definition) is 1. The molecule has 0 radical (unpaired) electrons. The average Bonchev–Trinajstić information content (AvgIpc) is 2.53. The number of hydrogen-bond acceptors (Lipinski definition) is 5. The lowest BCUT2D eigenvalue weighted by Gasteiger charge is -2.31. The molecule has 1 aromatic rings. The molecule has 0 saturated heterocycles. The van der Waals surface area contributed by atoms with E-state index in [-0.39, 0.29) is 5.88 Å². The lowest BCUT2D eigenvalue weighted by molar-refractivity contribution is -0.0528. The molecule has 1 aromatic heterocycles. The maximum Gasteiger partial charge on any atom is 0.388 e. The van der Waals surface area contributed by atoms with Crippen LogP contribution in [0.2, 0.25) is 0 Å². The summed E-state index contributed by atoms with van der Waals surface area (Å²) < 4.78 is 28.6. The largest absolute Gasteiger partial charge is 0.417 e. The molecule has 0 amide bonds. The van der Waals surface area contributed by atoms with Gasteiger partial charge in [-0.15, -0.1) is 0 Å². The van der Waals surface area contributed by atoms with Crippen LogP contribution in [0, 0.1) is 0 Å². The van der Waals surface area contributed by atoms with Crippen LogP contribution in [0.1, 0.15) is 24.8 Å². The molecule has 7 heteroatoms.